The van der Waals surface area contributed by atoms with Crippen molar-refractivity contribution in [1.82, 2.24) is 0 Å². The molecule has 0 fully saturated rings. The fraction of sp³-hybridized carbons (Fsp3) is 0.417. The number of carbonyl (C=O) groups is 1. The van der Waals surface area contributed by atoms with Gasteiger partial charge in [-0.25, -0.2) is 4.79 Å². The molecule has 0 unspecified atom stereocenters. The fourth-order valence-corrected chi connectivity index (χ4v) is 2.04. The number of halogens is 2. The van der Waals surface area contributed by atoms with Crippen LogP contribution in [0.3, 0.4) is 0 Å². The normalized spacial score (nSPS) is 11.4. The molecule has 94 valence electrons. The van der Waals surface area contributed by atoms with Crippen molar-refractivity contribution in [2.45, 2.75) is 0 Å². The van der Waals surface area contributed by atoms with Crippen LogP contribution >= 0.6 is 38.5 Å². The third kappa shape index (κ3) is 5.35. The Hall–Kier alpha value is -0.140. The first kappa shape index (κ1) is 14.9. The molecular formula is C12H16BrINO2+. The highest BCUT2D eigenvalue weighted by Crippen LogP contribution is 2.20. The van der Waals surface area contributed by atoms with Crippen molar-refractivity contribution < 1.29 is 14.0 Å². The summed E-state index contributed by atoms with van der Waals surface area (Å²) in [6.45, 7) is 1.23. The van der Waals surface area contributed by atoms with E-state index in [0.717, 1.165) is 19.1 Å². The van der Waals surface area contributed by atoms with E-state index in [9.17, 15) is 4.79 Å². The van der Waals surface area contributed by atoms with Crippen LogP contribution in [0.5, 0.6) is 0 Å². The van der Waals surface area contributed by atoms with Gasteiger partial charge in [-0.05, 0) is 56.7 Å². The minimum Gasteiger partial charge on any atom is -0.456 e. The highest BCUT2D eigenvalue weighted by Gasteiger charge is 2.14. The third-order valence-corrected chi connectivity index (χ3v) is 3.51. The Morgan fingerprint density at radius 2 is 2.06 bits per heavy atom. The first-order valence-corrected chi connectivity index (χ1v) is 7.09. The molecule has 1 aromatic carbocycles. The summed E-state index contributed by atoms with van der Waals surface area (Å²) in [4.78, 5) is 11.8. The van der Waals surface area contributed by atoms with Crippen molar-refractivity contribution in [3.63, 3.8) is 0 Å². The molecule has 1 rings (SSSR count). The summed E-state index contributed by atoms with van der Waals surface area (Å²) in [5, 5.41) is 0. The molecule has 0 bridgehead atoms. The molecule has 17 heavy (non-hydrogen) atoms. The van der Waals surface area contributed by atoms with Crippen LogP contribution < -0.4 is 0 Å². The maximum atomic E-state index is 11.8. The van der Waals surface area contributed by atoms with Gasteiger partial charge in [-0.2, -0.15) is 0 Å². The van der Waals surface area contributed by atoms with Crippen LogP contribution in [0.1, 0.15) is 10.4 Å². The Morgan fingerprint density at radius 3 is 2.65 bits per heavy atom. The van der Waals surface area contributed by atoms with Crippen molar-refractivity contribution >= 4 is 44.5 Å². The second-order valence-electron chi connectivity index (χ2n) is 4.77. The lowest BCUT2D eigenvalue weighted by Gasteiger charge is -2.23. The van der Waals surface area contributed by atoms with Crippen LogP contribution in [0, 0.1) is 3.57 Å². The van der Waals surface area contributed by atoms with Crippen LogP contribution in [0.4, 0.5) is 0 Å². The highest BCUT2D eigenvalue weighted by atomic mass is 127. The summed E-state index contributed by atoms with van der Waals surface area (Å²) in [6, 6.07) is 5.62. The van der Waals surface area contributed by atoms with Gasteiger partial charge in [0.15, 0.2) is 0 Å². The first-order valence-electron chi connectivity index (χ1n) is 5.22. The smallest absolute Gasteiger partial charge is 0.339 e. The lowest BCUT2D eigenvalue weighted by molar-refractivity contribution is -0.870. The van der Waals surface area contributed by atoms with Crippen LogP contribution in [-0.2, 0) is 4.74 Å². The van der Waals surface area contributed by atoms with Crippen molar-refractivity contribution in [2.75, 3.05) is 34.3 Å². The number of carbonyl (C=O) groups excluding carboxylic acids is 1. The summed E-state index contributed by atoms with van der Waals surface area (Å²) in [5.74, 6) is -0.274. The molecule has 0 spiro atoms. The number of quaternary nitrogens is 1. The molecule has 3 nitrogen and oxygen atoms in total. The van der Waals surface area contributed by atoms with Gasteiger partial charge in [0.1, 0.15) is 13.2 Å². The Bertz CT molecular complexity index is 415. The van der Waals surface area contributed by atoms with E-state index >= 15 is 0 Å². The number of hydrogen-bond acceptors (Lipinski definition) is 2. The quantitative estimate of drug-likeness (QED) is 0.431. The molecule has 0 atom stereocenters. The van der Waals surface area contributed by atoms with Crippen LogP contribution in [0.25, 0.3) is 0 Å². The zero-order valence-corrected chi connectivity index (χ0v) is 13.9. The molecule has 0 saturated heterocycles. The highest BCUT2D eigenvalue weighted by molar-refractivity contribution is 14.1. The van der Waals surface area contributed by atoms with E-state index in [1.807, 2.05) is 18.2 Å². The molecular weight excluding hydrogens is 397 g/mol. The number of likely N-dealkylation sites (N-methyl/N-ethyl adjacent to an activating group) is 1. The molecule has 0 aliphatic heterocycles. The number of esters is 1. The van der Waals surface area contributed by atoms with Crippen molar-refractivity contribution in [3.05, 3.63) is 31.8 Å². The molecule has 0 aliphatic carbocycles. The van der Waals surface area contributed by atoms with Gasteiger partial charge in [0.25, 0.3) is 0 Å². The lowest BCUT2D eigenvalue weighted by Crippen LogP contribution is -2.38. The van der Waals surface area contributed by atoms with E-state index in [0.29, 0.717) is 12.2 Å². The van der Waals surface area contributed by atoms with Gasteiger partial charge < -0.3 is 9.22 Å². The standard InChI is InChI=1S/C12H16BrINO2/c1-15(2,3)6-7-17-12(16)10-8-9(14)4-5-11(10)13/h4-5,8H,6-7H2,1-3H3/q+1. The van der Waals surface area contributed by atoms with Crippen LogP contribution in [0.15, 0.2) is 22.7 Å². The van der Waals surface area contributed by atoms with Gasteiger partial charge in [0.2, 0.25) is 0 Å². The summed E-state index contributed by atoms with van der Waals surface area (Å²) in [7, 11) is 6.19. The van der Waals surface area contributed by atoms with Gasteiger partial charge >= 0.3 is 5.97 Å². The predicted octanol–water partition coefficient (Wildman–Crippen LogP) is 2.92. The van der Waals surface area contributed by atoms with E-state index in [4.69, 9.17) is 4.74 Å². The van der Waals surface area contributed by atoms with E-state index in [1.54, 1.807) is 0 Å². The average molecular weight is 413 g/mol. The van der Waals surface area contributed by atoms with Gasteiger partial charge in [-0.1, -0.05) is 0 Å². The predicted molar refractivity (Wildman–Crippen MR) is 80.0 cm³/mol. The zero-order valence-electron chi connectivity index (χ0n) is 10.2. The van der Waals surface area contributed by atoms with Gasteiger partial charge in [0.05, 0.1) is 26.7 Å². The second-order valence-corrected chi connectivity index (χ2v) is 6.87. The number of nitrogens with zero attached hydrogens (tertiary/aromatic N) is 1. The van der Waals surface area contributed by atoms with Crippen LogP contribution in [-0.4, -0.2) is 44.7 Å². The summed E-state index contributed by atoms with van der Waals surface area (Å²) >= 11 is 5.53. The van der Waals surface area contributed by atoms with Gasteiger partial charge in [-0.15, -0.1) is 0 Å². The lowest BCUT2D eigenvalue weighted by atomic mass is 10.2. The largest absolute Gasteiger partial charge is 0.456 e. The van der Waals surface area contributed by atoms with E-state index in [2.05, 4.69) is 59.7 Å². The topological polar surface area (TPSA) is 26.3 Å². The first-order chi connectivity index (χ1) is 7.79. The van der Waals surface area contributed by atoms with Gasteiger partial charge in [0, 0.05) is 8.04 Å². The maximum Gasteiger partial charge on any atom is 0.339 e. The molecule has 0 N–H and O–H groups in total. The maximum absolute atomic E-state index is 11.8. The zero-order chi connectivity index (χ0) is 13.1. The van der Waals surface area contributed by atoms with E-state index < -0.39 is 0 Å². The van der Waals surface area contributed by atoms with Crippen LogP contribution in [0.2, 0.25) is 0 Å². The molecule has 0 amide bonds. The van der Waals surface area contributed by atoms with E-state index in [1.165, 1.54) is 0 Å². The molecule has 0 radical (unpaired) electrons. The molecule has 5 heteroatoms. The fourth-order valence-electron chi connectivity index (χ4n) is 1.14. The second kappa shape index (κ2) is 6.15. The Labute approximate surface area is 124 Å². The number of hydrogen-bond donors (Lipinski definition) is 0. The number of rotatable bonds is 4. The molecule has 0 saturated carbocycles. The third-order valence-electron chi connectivity index (χ3n) is 2.14. The summed E-state index contributed by atoms with van der Waals surface area (Å²) in [6.07, 6.45) is 0. The van der Waals surface area contributed by atoms with Crippen molar-refractivity contribution in [1.29, 1.82) is 0 Å². The minimum atomic E-state index is -0.274. The minimum absolute atomic E-state index is 0.274. The Kier molecular flexibility index (Phi) is 5.40. The van der Waals surface area contributed by atoms with Gasteiger partial charge in [-0.3, -0.25) is 0 Å². The molecule has 1 aromatic rings. The Balaban J connectivity index is 2.61. The van der Waals surface area contributed by atoms with Crippen molar-refractivity contribution in [2.24, 2.45) is 0 Å². The number of ether oxygens (including phenoxy) is 1. The monoisotopic (exact) mass is 412 g/mol. The number of benzene rings is 1. The van der Waals surface area contributed by atoms with Crippen molar-refractivity contribution in [3.8, 4) is 0 Å². The molecule has 0 aliphatic rings. The summed E-state index contributed by atoms with van der Waals surface area (Å²) < 4.78 is 7.82. The van der Waals surface area contributed by atoms with E-state index in [-0.39, 0.29) is 5.97 Å². The molecule has 0 heterocycles. The summed E-state index contributed by atoms with van der Waals surface area (Å²) in [5.41, 5.74) is 0.582. The Morgan fingerprint density at radius 1 is 1.41 bits per heavy atom. The molecule has 0 aromatic heterocycles. The SMILES string of the molecule is C[N+](C)(C)CCOC(=O)c1cc(I)ccc1Br. The average Bonchev–Trinajstić information content (AvgIpc) is 2.19.